The molecule has 2 aliphatic rings. The maximum atomic E-state index is 11.7. The molecule has 2 saturated heterocycles. The molecular weight excluding hydrogens is 288 g/mol. The van der Waals surface area contributed by atoms with Crippen molar-refractivity contribution in [1.82, 2.24) is 9.62 Å². The highest BCUT2D eigenvalue weighted by Gasteiger charge is 2.31. The third-order valence-electron chi connectivity index (χ3n) is 4.72. The summed E-state index contributed by atoms with van der Waals surface area (Å²) < 4.78 is 30.7. The number of sulfonamides is 1. The van der Waals surface area contributed by atoms with Crippen LogP contribution in [0.2, 0.25) is 0 Å². The van der Waals surface area contributed by atoms with Crippen molar-refractivity contribution in [2.75, 3.05) is 39.1 Å². The van der Waals surface area contributed by atoms with Crippen LogP contribution in [0.1, 0.15) is 39.0 Å². The molecule has 0 saturated carbocycles. The lowest BCUT2D eigenvalue weighted by Gasteiger charge is -2.37. The van der Waals surface area contributed by atoms with Gasteiger partial charge in [0.2, 0.25) is 10.0 Å². The van der Waals surface area contributed by atoms with Gasteiger partial charge in [-0.15, -0.1) is 0 Å². The third-order valence-corrected chi connectivity index (χ3v) is 5.99. The van der Waals surface area contributed by atoms with E-state index in [-0.39, 0.29) is 0 Å². The number of ether oxygens (including phenoxy) is 1. The van der Waals surface area contributed by atoms with Gasteiger partial charge in [-0.05, 0) is 50.5 Å². The number of piperidine rings is 1. The summed E-state index contributed by atoms with van der Waals surface area (Å²) in [6, 6.07) is 0.535. The summed E-state index contributed by atoms with van der Waals surface area (Å²) in [5.41, 5.74) is 0. The van der Waals surface area contributed by atoms with Gasteiger partial charge in [0.15, 0.2) is 0 Å². The van der Waals surface area contributed by atoms with Gasteiger partial charge in [0.05, 0.1) is 12.9 Å². The highest BCUT2D eigenvalue weighted by Crippen LogP contribution is 2.28. The molecule has 0 aromatic carbocycles. The fraction of sp³-hybridized carbons (Fsp3) is 1.00. The summed E-state index contributed by atoms with van der Waals surface area (Å²) in [6.45, 7) is 6.28. The predicted octanol–water partition coefficient (Wildman–Crippen LogP) is 1.45. The average Bonchev–Trinajstić information content (AvgIpc) is 2.46. The van der Waals surface area contributed by atoms with Gasteiger partial charge in [0.1, 0.15) is 0 Å². The van der Waals surface area contributed by atoms with Crippen molar-refractivity contribution >= 4 is 10.0 Å². The summed E-state index contributed by atoms with van der Waals surface area (Å²) in [7, 11) is -3.04. The Morgan fingerprint density at radius 2 is 2.14 bits per heavy atom. The van der Waals surface area contributed by atoms with Crippen LogP contribution >= 0.6 is 0 Å². The molecule has 0 spiro atoms. The summed E-state index contributed by atoms with van der Waals surface area (Å²) in [5, 5.41) is 3.64. The highest BCUT2D eigenvalue weighted by atomic mass is 32.2. The van der Waals surface area contributed by atoms with Crippen LogP contribution in [-0.4, -0.2) is 57.9 Å². The van der Waals surface area contributed by atoms with Crippen LogP contribution < -0.4 is 5.32 Å². The van der Waals surface area contributed by atoms with E-state index in [0.29, 0.717) is 31.0 Å². The Labute approximate surface area is 129 Å². The molecule has 21 heavy (non-hydrogen) atoms. The second-order valence-electron chi connectivity index (χ2n) is 6.55. The Bertz CT molecular complexity index is 413. The molecule has 5 nitrogen and oxygen atoms in total. The van der Waals surface area contributed by atoms with Gasteiger partial charge in [-0.2, -0.15) is 0 Å². The van der Waals surface area contributed by atoms with Crippen LogP contribution in [0.3, 0.4) is 0 Å². The van der Waals surface area contributed by atoms with E-state index < -0.39 is 10.0 Å². The molecule has 2 aliphatic heterocycles. The van der Waals surface area contributed by atoms with E-state index in [9.17, 15) is 8.42 Å². The molecule has 0 aliphatic carbocycles. The summed E-state index contributed by atoms with van der Waals surface area (Å²) in [5.74, 6) is 1.00. The predicted molar refractivity (Wildman–Crippen MR) is 84.8 cm³/mol. The molecule has 1 N–H and O–H groups in total. The first kappa shape index (κ1) is 17.2. The first-order valence-electron chi connectivity index (χ1n) is 8.27. The van der Waals surface area contributed by atoms with Gasteiger partial charge in [-0.1, -0.05) is 6.92 Å². The number of rotatable bonds is 6. The Kier molecular flexibility index (Phi) is 6.47. The van der Waals surface area contributed by atoms with Gasteiger partial charge in [0.25, 0.3) is 0 Å². The van der Waals surface area contributed by atoms with Crippen molar-refractivity contribution in [1.29, 1.82) is 0 Å². The fourth-order valence-electron chi connectivity index (χ4n) is 3.58. The summed E-state index contributed by atoms with van der Waals surface area (Å²) in [6.07, 6.45) is 6.75. The minimum atomic E-state index is -3.04. The summed E-state index contributed by atoms with van der Waals surface area (Å²) >= 11 is 0. The molecule has 124 valence electrons. The van der Waals surface area contributed by atoms with Crippen molar-refractivity contribution < 1.29 is 13.2 Å². The maximum Gasteiger partial charge on any atom is 0.211 e. The Balaban J connectivity index is 1.89. The third kappa shape index (κ3) is 5.20. The minimum absolute atomic E-state index is 0.478. The van der Waals surface area contributed by atoms with Crippen molar-refractivity contribution in [3.8, 4) is 0 Å². The van der Waals surface area contributed by atoms with Gasteiger partial charge in [-0.3, -0.25) is 0 Å². The minimum Gasteiger partial charge on any atom is -0.381 e. The lowest BCUT2D eigenvalue weighted by atomic mass is 9.83. The Morgan fingerprint density at radius 1 is 1.33 bits per heavy atom. The lowest BCUT2D eigenvalue weighted by Crippen LogP contribution is -2.46. The van der Waals surface area contributed by atoms with Gasteiger partial charge >= 0.3 is 0 Å². The monoisotopic (exact) mass is 318 g/mol. The highest BCUT2D eigenvalue weighted by molar-refractivity contribution is 7.88. The Morgan fingerprint density at radius 3 is 2.86 bits per heavy atom. The molecule has 0 aromatic rings. The molecule has 2 fully saturated rings. The topological polar surface area (TPSA) is 58.6 Å². The van der Waals surface area contributed by atoms with Crippen LogP contribution in [0.15, 0.2) is 0 Å². The molecule has 0 aromatic heterocycles. The SMILES string of the molecule is CCCNC1CCOCC1CC1CCCN(S(C)(=O)=O)C1. The molecular formula is C15H30N2O3S. The second kappa shape index (κ2) is 7.90. The van der Waals surface area contributed by atoms with Crippen molar-refractivity contribution in [3.05, 3.63) is 0 Å². The quantitative estimate of drug-likeness (QED) is 0.805. The number of hydrogen-bond donors (Lipinski definition) is 1. The van der Waals surface area contributed by atoms with Crippen LogP contribution in [0, 0.1) is 11.8 Å². The molecule has 0 bridgehead atoms. The Hall–Kier alpha value is -0.170. The second-order valence-corrected chi connectivity index (χ2v) is 8.53. The van der Waals surface area contributed by atoms with E-state index in [1.54, 1.807) is 4.31 Å². The number of nitrogens with one attached hydrogen (secondary N) is 1. The van der Waals surface area contributed by atoms with Gasteiger partial charge in [-0.25, -0.2) is 12.7 Å². The fourth-order valence-corrected chi connectivity index (χ4v) is 4.52. The number of nitrogens with zero attached hydrogens (tertiary/aromatic N) is 1. The smallest absolute Gasteiger partial charge is 0.211 e. The average molecular weight is 318 g/mol. The van der Waals surface area contributed by atoms with E-state index >= 15 is 0 Å². The zero-order chi connectivity index (χ0) is 15.3. The van der Waals surface area contributed by atoms with Crippen molar-refractivity contribution in [2.24, 2.45) is 11.8 Å². The first-order chi connectivity index (χ1) is 10.0. The number of hydrogen-bond acceptors (Lipinski definition) is 4. The zero-order valence-corrected chi connectivity index (χ0v) is 14.2. The van der Waals surface area contributed by atoms with Crippen LogP contribution in [-0.2, 0) is 14.8 Å². The standard InChI is InChI=1S/C15H30N2O3S/c1-3-7-16-15-6-9-20-12-14(15)10-13-5-4-8-17(11-13)21(2,18)19/h13-16H,3-12H2,1-2H3. The van der Waals surface area contributed by atoms with E-state index in [1.807, 2.05) is 0 Å². The van der Waals surface area contributed by atoms with Crippen LogP contribution in [0.25, 0.3) is 0 Å². The molecule has 3 unspecified atom stereocenters. The van der Waals surface area contributed by atoms with Gasteiger partial charge < -0.3 is 10.1 Å². The molecule has 2 rings (SSSR count). The van der Waals surface area contributed by atoms with E-state index in [0.717, 1.165) is 51.9 Å². The molecule has 3 atom stereocenters. The van der Waals surface area contributed by atoms with Crippen LogP contribution in [0.4, 0.5) is 0 Å². The first-order valence-corrected chi connectivity index (χ1v) is 10.1. The van der Waals surface area contributed by atoms with E-state index in [2.05, 4.69) is 12.2 Å². The normalized spacial score (nSPS) is 32.2. The van der Waals surface area contributed by atoms with E-state index in [1.165, 1.54) is 6.26 Å². The molecule has 0 radical (unpaired) electrons. The van der Waals surface area contributed by atoms with Crippen molar-refractivity contribution in [3.63, 3.8) is 0 Å². The van der Waals surface area contributed by atoms with E-state index in [4.69, 9.17) is 4.74 Å². The molecule has 0 amide bonds. The van der Waals surface area contributed by atoms with Crippen molar-refractivity contribution in [2.45, 2.75) is 45.1 Å². The van der Waals surface area contributed by atoms with Gasteiger partial charge in [0, 0.05) is 25.7 Å². The zero-order valence-electron chi connectivity index (χ0n) is 13.4. The largest absolute Gasteiger partial charge is 0.381 e. The summed E-state index contributed by atoms with van der Waals surface area (Å²) in [4.78, 5) is 0. The van der Waals surface area contributed by atoms with Crippen LogP contribution in [0.5, 0.6) is 0 Å². The molecule has 6 heteroatoms. The lowest BCUT2D eigenvalue weighted by molar-refractivity contribution is 0.0188. The molecule has 2 heterocycles. The maximum absolute atomic E-state index is 11.7.